The molecule has 0 aliphatic carbocycles. The number of ether oxygens (including phenoxy) is 2. The predicted octanol–water partition coefficient (Wildman–Crippen LogP) is 4.86. The first kappa shape index (κ1) is 21.5. The largest absolute Gasteiger partial charge is 0.481 e. The van der Waals surface area contributed by atoms with Crippen LogP contribution in [0.3, 0.4) is 0 Å². The summed E-state index contributed by atoms with van der Waals surface area (Å²) < 4.78 is 10.9. The third-order valence-electron chi connectivity index (χ3n) is 4.08. The van der Waals surface area contributed by atoms with Crippen LogP contribution in [0.4, 0.5) is 5.69 Å². The van der Waals surface area contributed by atoms with Gasteiger partial charge in [-0.25, -0.2) is 4.79 Å². The smallest absolute Gasteiger partial charge is 0.338 e. The molecule has 0 aliphatic heterocycles. The molecular weight excluding hydrogens is 354 g/mol. The van der Waals surface area contributed by atoms with Crippen molar-refractivity contribution in [2.24, 2.45) is 5.92 Å². The van der Waals surface area contributed by atoms with Crippen molar-refractivity contribution in [3.8, 4) is 5.75 Å². The van der Waals surface area contributed by atoms with E-state index in [0.717, 1.165) is 12.8 Å². The van der Waals surface area contributed by atoms with Crippen LogP contribution in [-0.2, 0) is 16.0 Å². The molecule has 2 rings (SSSR count). The maximum absolute atomic E-state index is 12.4. The van der Waals surface area contributed by atoms with Crippen molar-refractivity contribution >= 4 is 17.6 Å². The molecule has 5 heteroatoms. The van der Waals surface area contributed by atoms with Gasteiger partial charge in [-0.05, 0) is 61.2 Å². The predicted molar refractivity (Wildman–Crippen MR) is 111 cm³/mol. The van der Waals surface area contributed by atoms with Crippen molar-refractivity contribution in [2.45, 2.75) is 46.6 Å². The van der Waals surface area contributed by atoms with Crippen molar-refractivity contribution in [3.63, 3.8) is 0 Å². The minimum Gasteiger partial charge on any atom is -0.481 e. The van der Waals surface area contributed by atoms with Gasteiger partial charge in [0.2, 0.25) is 0 Å². The molecule has 0 fully saturated rings. The van der Waals surface area contributed by atoms with Crippen molar-refractivity contribution in [1.82, 2.24) is 0 Å². The number of rotatable bonds is 9. The lowest BCUT2D eigenvalue weighted by atomic mass is 10.1. The zero-order valence-corrected chi connectivity index (χ0v) is 17.0. The number of amides is 1. The minimum absolute atomic E-state index is 0.257. The van der Waals surface area contributed by atoms with Gasteiger partial charge >= 0.3 is 5.97 Å². The van der Waals surface area contributed by atoms with Gasteiger partial charge < -0.3 is 14.8 Å². The molecule has 0 aliphatic rings. The number of nitrogens with one attached hydrogen (secondary N) is 1. The normalized spacial score (nSPS) is 11.8. The Kier molecular flexibility index (Phi) is 8.05. The highest BCUT2D eigenvalue weighted by Gasteiger charge is 2.15. The number of hydrogen-bond donors (Lipinski definition) is 1. The highest BCUT2D eigenvalue weighted by atomic mass is 16.5. The van der Waals surface area contributed by atoms with Gasteiger partial charge in [-0.1, -0.05) is 39.3 Å². The molecule has 150 valence electrons. The van der Waals surface area contributed by atoms with Crippen LogP contribution in [0.1, 0.15) is 50.0 Å². The fraction of sp³-hybridized carbons (Fsp3) is 0.391. The molecular formula is C23H29NO4. The Bertz CT molecular complexity index is 766. The topological polar surface area (TPSA) is 64.6 Å². The Balaban J connectivity index is 1.88. The maximum Gasteiger partial charge on any atom is 0.338 e. The summed E-state index contributed by atoms with van der Waals surface area (Å²) in [6, 6.07) is 14.4. The van der Waals surface area contributed by atoms with E-state index in [2.05, 4.69) is 12.2 Å². The highest BCUT2D eigenvalue weighted by Crippen LogP contribution is 2.16. The van der Waals surface area contributed by atoms with E-state index in [9.17, 15) is 9.59 Å². The van der Waals surface area contributed by atoms with Crippen LogP contribution in [-0.4, -0.2) is 24.6 Å². The van der Waals surface area contributed by atoms with Gasteiger partial charge in [0.15, 0.2) is 6.10 Å². The van der Waals surface area contributed by atoms with Gasteiger partial charge in [-0.15, -0.1) is 0 Å². The maximum atomic E-state index is 12.4. The summed E-state index contributed by atoms with van der Waals surface area (Å²) in [5.74, 6) is 0.320. The summed E-state index contributed by atoms with van der Waals surface area (Å²) in [5.41, 5.74) is 2.30. The molecule has 1 atom stereocenters. The first-order valence-corrected chi connectivity index (χ1v) is 9.72. The molecule has 1 amide bonds. The number of aryl methyl sites for hydroxylation is 1. The van der Waals surface area contributed by atoms with Crippen LogP contribution in [0.15, 0.2) is 48.5 Å². The number of carbonyl (C=O) groups excluding carboxylic acids is 2. The molecule has 0 saturated carbocycles. The molecule has 0 aromatic heterocycles. The molecule has 1 unspecified atom stereocenters. The first-order valence-electron chi connectivity index (χ1n) is 9.72. The summed E-state index contributed by atoms with van der Waals surface area (Å²) in [5, 5.41) is 2.79. The molecule has 0 bridgehead atoms. The standard InChI is InChI=1S/C23H29NO4/c1-5-6-18-7-13-21(14-8-18)28-17(4)22(25)24-20-11-9-19(10-12-20)23(26)27-15-16(2)3/h7-14,16-17H,5-6,15H2,1-4H3,(H,24,25). The van der Waals surface area contributed by atoms with Crippen LogP contribution < -0.4 is 10.1 Å². The lowest BCUT2D eigenvalue weighted by molar-refractivity contribution is -0.122. The summed E-state index contributed by atoms with van der Waals surface area (Å²) in [4.78, 5) is 24.3. The molecule has 0 spiro atoms. The van der Waals surface area contributed by atoms with E-state index in [4.69, 9.17) is 9.47 Å². The lowest BCUT2D eigenvalue weighted by Gasteiger charge is -2.15. The quantitative estimate of drug-likeness (QED) is 0.628. The zero-order valence-electron chi connectivity index (χ0n) is 17.0. The van der Waals surface area contributed by atoms with Crippen molar-refractivity contribution in [3.05, 3.63) is 59.7 Å². The van der Waals surface area contributed by atoms with Crippen molar-refractivity contribution in [2.75, 3.05) is 11.9 Å². The van der Waals surface area contributed by atoms with Gasteiger partial charge in [-0.2, -0.15) is 0 Å². The van der Waals surface area contributed by atoms with E-state index in [1.165, 1.54) is 5.56 Å². The van der Waals surface area contributed by atoms with Crippen LogP contribution in [0, 0.1) is 5.92 Å². The molecule has 1 N–H and O–H groups in total. The van der Waals surface area contributed by atoms with Gasteiger partial charge in [0.1, 0.15) is 5.75 Å². The summed E-state index contributed by atoms with van der Waals surface area (Å²) in [6.45, 7) is 8.18. The molecule has 0 heterocycles. The first-order chi connectivity index (χ1) is 13.4. The summed E-state index contributed by atoms with van der Waals surface area (Å²) >= 11 is 0. The fourth-order valence-corrected chi connectivity index (χ4v) is 2.54. The fourth-order valence-electron chi connectivity index (χ4n) is 2.54. The van der Waals surface area contributed by atoms with E-state index in [-0.39, 0.29) is 17.8 Å². The Labute approximate surface area is 167 Å². The third-order valence-corrected chi connectivity index (χ3v) is 4.08. The van der Waals surface area contributed by atoms with E-state index in [1.54, 1.807) is 31.2 Å². The van der Waals surface area contributed by atoms with Gasteiger partial charge in [0.05, 0.1) is 12.2 Å². The van der Waals surface area contributed by atoms with Crippen LogP contribution in [0.25, 0.3) is 0 Å². The molecule has 2 aromatic rings. The Hall–Kier alpha value is -2.82. The Morgan fingerprint density at radius 1 is 0.964 bits per heavy atom. The Morgan fingerprint density at radius 2 is 1.61 bits per heavy atom. The van der Waals surface area contributed by atoms with E-state index < -0.39 is 6.10 Å². The van der Waals surface area contributed by atoms with E-state index in [0.29, 0.717) is 23.6 Å². The average Bonchev–Trinajstić information content (AvgIpc) is 2.68. The number of carbonyl (C=O) groups is 2. The van der Waals surface area contributed by atoms with Gasteiger partial charge in [0, 0.05) is 5.69 Å². The second kappa shape index (κ2) is 10.5. The number of anilines is 1. The second-order valence-corrected chi connectivity index (χ2v) is 7.21. The number of benzene rings is 2. The molecule has 0 radical (unpaired) electrons. The minimum atomic E-state index is -0.646. The lowest BCUT2D eigenvalue weighted by Crippen LogP contribution is -2.30. The molecule has 28 heavy (non-hydrogen) atoms. The number of hydrogen-bond acceptors (Lipinski definition) is 4. The number of esters is 1. The molecule has 2 aromatic carbocycles. The summed E-state index contributed by atoms with van der Waals surface area (Å²) in [7, 11) is 0. The Morgan fingerprint density at radius 3 is 2.18 bits per heavy atom. The third kappa shape index (κ3) is 6.72. The van der Waals surface area contributed by atoms with Gasteiger partial charge in [0.25, 0.3) is 5.91 Å². The van der Waals surface area contributed by atoms with E-state index in [1.807, 2.05) is 38.1 Å². The van der Waals surface area contributed by atoms with Crippen LogP contribution in [0.5, 0.6) is 5.75 Å². The zero-order chi connectivity index (χ0) is 20.5. The highest BCUT2D eigenvalue weighted by molar-refractivity contribution is 5.95. The van der Waals surface area contributed by atoms with E-state index >= 15 is 0 Å². The molecule has 0 saturated heterocycles. The van der Waals surface area contributed by atoms with Gasteiger partial charge in [-0.3, -0.25) is 4.79 Å². The van der Waals surface area contributed by atoms with Crippen molar-refractivity contribution in [1.29, 1.82) is 0 Å². The summed E-state index contributed by atoms with van der Waals surface area (Å²) in [6.07, 6.45) is 1.47. The molecule has 5 nitrogen and oxygen atoms in total. The van der Waals surface area contributed by atoms with Crippen molar-refractivity contribution < 1.29 is 19.1 Å². The van der Waals surface area contributed by atoms with Crippen LogP contribution in [0.2, 0.25) is 0 Å². The SMILES string of the molecule is CCCc1ccc(OC(C)C(=O)Nc2ccc(C(=O)OCC(C)C)cc2)cc1. The monoisotopic (exact) mass is 383 g/mol. The van der Waals surface area contributed by atoms with Crippen LogP contribution >= 0.6 is 0 Å². The average molecular weight is 383 g/mol. The second-order valence-electron chi connectivity index (χ2n) is 7.21.